The van der Waals surface area contributed by atoms with Crippen molar-refractivity contribution < 1.29 is 9.90 Å². The number of thiophene rings is 1. The van der Waals surface area contributed by atoms with E-state index in [0.717, 1.165) is 5.56 Å². The number of rotatable bonds is 4. The first-order valence-electron chi connectivity index (χ1n) is 5.28. The van der Waals surface area contributed by atoms with E-state index in [1.54, 1.807) is 10.6 Å². The van der Waals surface area contributed by atoms with Crippen LogP contribution in [0.25, 0.3) is 0 Å². The molecule has 0 aromatic carbocycles. The Morgan fingerprint density at radius 2 is 2.41 bits per heavy atom. The lowest BCUT2D eigenvalue weighted by Crippen LogP contribution is -2.29. The van der Waals surface area contributed by atoms with Gasteiger partial charge in [0, 0.05) is 19.8 Å². The van der Waals surface area contributed by atoms with E-state index in [1.807, 2.05) is 36.1 Å². The fourth-order valence-corrected chi connectivity index (χ4v) is 2.27. The lowest BCUT2D eigenvalue weighted by molar-refractivity contribution is 0.0908. The van der Waals surface area contributed by atoms with Gasteiger partial charge in [-0.2, -0.15) is 11.3 Å². The number of aryl methyl sites for hydroxylation is 1. The van der Waals surface area contributed by atoms with Crippen LogP contribution < -0.4 is 5.32 Å². The van der Waals surface area contributed by atoms with Gasteiger partial charge in [0.25, 0.3) is 5.91 Å². The number of aromatic nitrogens is 1. The summed E-state index contributed by atoms with van der Waals surface area (Å²) in [6.07, 6.45) is 1.16. The Labute approximate surface area is 104 Å². The van der Waals surface area contributed by atoms with Crippen LogP contribution in [-0.4, -0.2) is 22.1 Å². The van der Waals surface area contributed by atoms with Crippen molar-refractivity contribution in [1.82, 2.24) is 9.88 Å². The lowest BCUT2D eigenvalue weighted by Gasteiger charge is -2.10. The summed E-state index contributed by atoms with van der Waals surface area (Å²) in [6, 6.07) is 5.40. The number of aliphatic hydroxyl groups is 1. The highest BCUT2D eigenvalue weighted by Crippen LogP contribution is 2.15. The zero-order chi connectivity index (χ0) is 12.3. The van der Waals surface area contributed by atoms with Crippen LogP contribution >= 0.6 is 11.3 Å². The number of nitrogens with one attached hydrogen (secondary N) is 1. The molecule has 1 amide bonds. The summed E-state index contributed by atoms with van der Waals surface area (Å²) in [5.41, 5.74) is 1.42. The molecule has 0 saturated heterocycles. The van der Waals surface area contributed by atoms with Crippen LogP contribution in [0.4, 0.5) is 0 Å². The van der Waals surface area contributed by atoms with E-state index in [1.165, 1.54) is 11.3 Å². The molecule has 0 aliphatic carbocycles. The van der Waals surface area contributed by atoms with Crippen molar-refractivity contribution in [2.75, 3.05) is 6.54 Å². The van der Waals surface area contributed by atoms with Crippen LogP contribution in [-0.2, 0) is 7.05 Å². The molecule has 0 spiro atoms. The van der Waals surface area contributed by atoms with E-state index in [4.69, 9.17) is 0 Å². The summed E-state index contributed by atoms with van der Waals surface area (Å²) in [5, 5.41) is 16.3. The maximum Gasteiger partial charge on any atom is 0.267 e. The van der Waals surface area contributed by atoms with Crippen molar-refractivity contribution in [3.63, 3.8) is 0 Å². The maximum absolute atomic E-state index is 11.8. The normalized spacial score (nSPS) is 12.4. The molecule has 0 saturated carbocycles. The number of hydrogen-bond acceptors (Lipinski definition) is 3. The van der Waals surface area contributed by atoms with Crippen molar-refractivity contribution in [1.29, 1.82) is 0 Å². The summed E-state index contributed by atoms with van der Waals surface area (Å²) in [4.78, 5) is 11.8. The number of aliphatic hydroxyl groups excluding tert-OH is 1. The fourth-order valence-electron chi connectivity index (χ4n) is 1.56. The predicted molar refractivity (Wildman–Crippen MR) is 67.0 cm³/mol. The number of carbonyl (C=O) groups is 1. The van der Waals surface area contributed by atoms with Crippen molar-refractivity contribution in [2.24, 2.45) is 7.05 Å². The second kappa shape index (κ2) is 5.16. The first-order chi connectivity index (χ1) is 8.18. The SMILES string of the molecule is Cn1cccc1C(=O)NC[C@@H](O)c1ccsc1. The van der Waals surface area contributed by atoms with Crippen molar-refractivity contribution >= 4 is 17.2 Å². The average molecular weight is 250 g/mol. The van der Waals surface area contributed by atoms with E-state index in [2.05, 4.69) is 5.32 Å². The molecule has 2 aromatic heterocycles. The third kappa shape index (κ3) is 2.75. The van der Waals surface area contributed by atoms with E-state index in [9.17, 15) is 9.90 Å². The van der Waals surface area contributed by atoms with Gasteiger partial charge >= 0.3 is 0 Å². The van der Waals surface area contributed by atoms with Gasteiger partial charge in [-0.05, 0) is 34.5 Å². The van der Waals surface area contributed by atoms with Gasteiger partial charge in [-0.25, -0.2) is 0 Å². The van der Waals surface area contributed by atoms with Crippen molar-refractivity contribution in [2.45, 2.75) is 6.10 Å². The molecule has 2 rings (SSSR count). The monoisotopic (exact) mass is 250 g/mol. The Morgan fingerprint density at radius 3 is 3.00 bits per heavy atom. The van der Waals surface area contributed by atoms with Crippen LogP contribution in [0.15, 0.2) is 35.2 Å². The highest BCUT2D eigenvalue weighted by atomic mass is 32.1. The Bertz CT molecular complexity index is 490. The number of amides is 1. The van der Waals surface area contributed by atoms with Gasteiger partial charge in [0.05, 0.1) is 6.10 Å². The zero-order valence-electron chi connectivity index (χ0n) is 9.46. The fraction of sp³-hybridized carbons (Fsp3) is 0.250. The lowest BCUT2D eigenvalue weighted by atomic mass is 10.2. The maximum atomic E-state index is 11.8. The molecule has 0 fully saturated rings. The quantitative estimate of drug-likeness (QED) is 0.865. The van der Waals surface area contributed by atoms with Gasteiger partial charge < -0.3 is 15.0 Å². The Morgan fingerprint density at radius 1 is 1.59 bits per heavy atom. The van der Waals surface area contributed by atoms with Gasteiger partial charge in [0.2, 0.25) is 0 Å². The molecule has 0 aliphatic rings. The second-order valence-corrected chi connectivity index (χ2v) is 4.57. The Hall–Kier alpha value is -1.59. The highest BCUT2D eigenvalue weighted by Gasteiger charge is 2.12. The summed E-state index contributed by atoms with van der Waals surface area (Å²) in [6.45, 7) is 0.223. The highest BCUT2D eigenvalue weighted by molar-refractivity contribution is 7.07. The van der Waals surface area contributed by atoms with Crippen LogP contribution in [0.5, 0.6) is 0 Å². The molecule has 90 valence electrons. The first kappa shape index (κ1) is 11.9. The number of carbonyl (C=O) groups excluding carboxylic acids is 1. The molecule has 2 aromatic rings. The molecule has 0 radical (unpaired) electrons. The number of hydrogen-bond donors (Lipinski definition) is 2. The zero-order valence-corrected chi connectivity index (χ0v) is 10.3. The molecule has 4 nitrogen and oxygen atoms in total. The minimum atomic E-state index is -0.648. The topological polar surface area (TPSA) is 54.3 Å². The summed E-state index contributed by atoms with van der Waals surface area (Å²) < 4.78 is 1.74. The Kier molecular flexibility index (Phi) is 3.61. The third-order valence-corrected chi connectivity index (χ3v) is 3.26. The smallest absolute Gasteiger partial charge is 0.267 e. The molecule has 1 atom stereocenters. The standard InChI is InChI=1S/C12H14N2O2S/c1-14-5-2-3-10(14)12(16)13-7-11(15)9-4-6-17-8-9/h2-6,8,11,15H,7H2,1H3,(H,13,16)/t11-/m1/s1. The average Bonchev–Trinajstić information content (AvgIpc) is 2.95. The molecule has 0 aliphatic heterocycles. The van der Waals surface area contributed by atoms with Crippen LogP contribution in [0.3, 0.4) is 0 Å². The van der Waals surface area contributed by atoms with Gasteiger partial charge in [-0.3, -0.25) is 4.79 Å². The molecule has 17 heavy (non-hydrogen) atoms. The minimum absolute atomic E-state index is 0.174. The predicted octanol–water partition coefficient (Wildman–Crippen LogP) is 1.55. The van der Waals surface area contributed by atoms with Gasteiger partial charge in [0.15, 0.2) is 0 Å². The van der Waals surface area contributed by atoms with Crippen LogP contribution in [0.2, 0.25) is 0 Å². The summed E-state index contributed by atoms with van der Waals surface area (Å²) >= 11 is 1.53. The molecule has 0 bridgehead atoms. The second-order valence-electron chi connectivity index (χ2n) is 3.79. The van der Waals surface area contributed by atoms with E-state index in [0.29, 0.717) is 5.69 Å². The minimum Gasteiger partial charge on any atom is -0.387 e. The Balaban J connectivity index is 1.91. The third-order valence-electron chi connectivity index (χ3n) is 2.56. The number of nitrogens with zero attached hydrogens (tertiary/aromatic N) is 1. The largest absolute Gasteiger partial charge is 0.387 e. The summed E-state index contributed by atoms with van der Waals surface area (Å²) in [5.74, 6) is -0.174. The molecular weight excluding hydrogens is 236 g/mol. The summed E-state index contributed by atoms with van der Waals surface area (Å²) in [7, 11) is 1.81. The van der Waals surface area contributed by atoms with E-state index >= 15 is 0 Å². The van der Waals surface area contributed by atoms with Crippen LogP contribution in [0, 0.1) is 0 Å². The van der Waals surface area contributed by atoms with Crippen molar-refractivity contribution in [3.8, 4) is 0 Å². The molecule has 0 unspecified atom stereocenters. The molecule has 5 heteroatoms. The molecule has 2 N–H and O–H groups in total. The van der Waals surface area contributed by atoms with Crippen LogP contribution in [0.1, 0.15) is 22.2 Å². The van der Waals surface area contributed by atoms with Gasteiger partial charge in [0.1, 0.15) is 5.69 Å². The van der Waals surface area contributed by atoms with E-state index in [-0.39, 0.29) is 12.5 Å². The first-order valence-corrected chi connectivity index (χ1v) is 6.22. The molecule has 2 heterocycles. The van der Waals surface area contributed by atoms with Crippen molar-refractivity contribution in [3.05, 3.63) is 46.4 Å². The van der Waals surface area contributed by atoms with Gasteiger partial charge in [-0.1, -0.05) is 0 Å². The molecular formula is C12H14N2O2S. The van der Waals surface area contributed by atoms with Gasteiger partial charge in [-0.15, -0.1) is 0 Å². The van der Waals surface area contributed by atoms with E-state index < -0.39 is 6.10 Å².